The average molecular weight is 352 g/mol. The molecule has 0 aromatic heterocycles. The molecule has 0 rings (SSSR count). The van der Waals surface area contributed by atoms with Crippen molar-refractivity contribution in [3.05, 3.63) is 24.4 Å². The van der Waals surface area contributed by atoms with Crippen LogP contribution >= 0.6 is 0 Å². The predicted octanol–water partition coefficient (Wildman–Crippen LogP) is -0.276. The summed E-state index contributed by atoms with van der Waals surface area (Å²) < 4.78 is 0. The van der Waals surface area contributed by atoms with Gasteiger partial charge in [0.1, 0.15) is 6.29 Å². The summed E-state index contributed by atoms with van der Waals surface area (Å²) in [5, 5.41) is 8.28. The highest BCUT2D eigenvalue weighted by Crippen LogP contribution is 1.96. The molecule has 3 N–H and O–H groups in total. The first-order valence-electron chi connectivity index (χ1n) is 8.17. The third kappa shape index (κ3) is 10.7. The average Bonchev–Trinajstić information content (AvgIpc) is 2.57. The molecule has 8 heteroatoms. The minimum atomic E-state index is -0.304. The number of likely N-dealkylation sites (N-methyl/N-ethyl adjacent to an activating group) is 2. The van der Waals surface area contributed by atoms with Gasteiger partial charge in [-0.05, 0) is 26.3 Å². The van der Waals surface area contributed by atoms with Crippen molar-refractivity contribution in [1.29, 1.82) is 0 Å². The summed E-state index contributed by atoms with van der Waals surface area (Å²) in [6, 6.07) is -0.233. The van der Waals surface area contributed by atoms with Gasteiger partial charge in [-0.2, -0.15) is 0 Å². The van der Waals surface area contributed by atoms with Gasteiger partial charge in [0.05, 0.1) is 12.6 Å². The van der Waals surface area contributed by atoms with E-state index < -0.39 is 0 Å². The number of hydrogen-bond acceptors (Lipinski definition) is 5. The molecule has 0 bridgehead atoms. The van der Waals surface area contributed by atoms with Crippen molar-refractivity contribution in [2.24, 2.45) is 0 Å². The lowest BCUT2D eigenvalue weighted by Gasteiger charge is -2.18. The van der Waals surface area contributed by atoms with Gasteiger partial charge in [-0.25, -0.2) is 0 Å². The topological polar surface area (TPSA) is 108 Å². The Kier molecular flexibility index (Phi) is 11.4. The van der Waals surface area contributed by atoms with Crippen LogP contribution in [-0.2, 0) is 19.2 Å². The standard InChI is InChI=1S/C17H28N4O4/c1-5-18-13(2)14(3)20-16(24)12-19-15(23)8-6-10-21(4)17(25)9-7-11-22/h7,9,11,14,18H,2,5-6,8,10,12H2,1,3-4H3,(H,19,23)(H,20,24)/b9-7-. The van der Waals surface area contributed by atoms with Crippen molar-refractivity contribution in [2.45, 2.75) is 32.7 Å². The van der Waals surface area contributed by atoms with E-state index in [1.165, 1.54) is 11.0 Å². The van der Waals surface area contributed by atoms with E-state index in [1.807, 2.05) is 6.92 Å². The number of carbonyl (C=O) groups is 4. The van der Waals surface area contributed by atoms with Crippen LogP contribution in [0.15, 0.2) is 24.4 Å². The molecule has 0 aromatic carbocycles. The Morgan fingerprint density at radius 2 is 1.88 bits per heavy atom. The zero-order chi connectivity index (χ0) is 19.2. The van der Waals surface area contributed by atoms with E-state index in [2.05, 4.69) is 22.5 Å². The van der Waals surface area contributed by atoms with Gasteiger partial charge < -0.3 is 20.9 Å². The summed E-state index contributed by atoms with van der Waals surface area (Å²) in [4.78, 5) is 46.5. The van der Waals surface area contributed by atoms with Crippen molar-refractivity contribution in [1.82, 2.24) is 20.9 Å². The first-order valence-corrected chi connectivity index (χ1v) is 8.17. The maximum atomic E-state index is 11.8. The van der Waals surface area contributed by atoms with E-state index in [9.17, 15) is 19.2 Å². The number of rotatable bonds is 12. The molecule has 8 nitrogen and oxygen atoms in total. The summed E-state index contributed by atoms with van der Waals surface area (Å²) in [7, 11) is 1.58. The molecular formula is C17H28N4O4. The van der Waals surface area contributed by atoms with Crippen LogP contribution in [-0.4, -0.2) is 61.6 Å². The van der Waals surface area contributed by atoms with Gasteiger partial charge in [-0.15, -0.1) is 0 Å². The monoisotopic (exact) mass is 352 g/mol. The van der Waals surface area contributed by atoms with E-state index >= 15 is 0 Å². The molecule has 0 aliphatic heterocycles. The highest BCUT2D eigenvalue weighted by molar-refractivity contribution is 5.90. The molecule has 0 aliphatic rings. The largest absolute Gasteiger partial charge is 0.387 e. The van der Waals surface area contributed by atoms with Crippen LogP contribution in [0.1, 0.15) is 26.7 Å². The summed E-state index contributed by atoms with van der Waals surface area (Å²) in [5.41, 5.74) is 0.707. The van der Waals surface area contributed by atoms with Gasteiger partial charge in [0.2, 0.25) is 17.7 Å². The van der Waals surface area contributed by atoms with Crippen molar-refractivity contribution < 1.29 is 19.2 Å². The van der Waals surface area contributed by atoms with E-state index in [1.54, 1.807) is 14.0 Å². The van der Waals surface area contributed by atoms with Gasteiger partial charge >= 0.3 is 0 Å². The molecule has 0 aliphatic carbocycles. The number of aldehydes is 1. The Morgan fingerprint density at radius 3 is 2.48 bits per heavy atom. The molecular weight excluding hydrogens is 324 g/mol. The molecule has 1 atom stereocenters. The lowest BCUT2D eigenvalue weighted by Crippen LogP contribution is -2.43. The quantitative estimate of drug-likeness (QED) is 0.331. The van der Waals surface area contributed by atoms with E-state index in [4.69, 9.17) is 0 Å². The fourth-order valence-corrected chi connectivity index (χ4v) is 1.86. The van der Waals surface area contributed by atoms with Crippen LogP contribution in [0.25, 0.3) is 0 Å². The fourth-order valence-electron chi connectivity index (χ4n) is 1.86. The Bertz CT molecular complexity index is 517. The molecule has 0 saturated heterocycles. The van der Waals surface area contributed by atoms with Crippen molar-refractivity contribution in [2.75, 3.05) is 26.7 Å². The minimum absolute atomic E-state index is 0.112. The second kappa shape index (κ2) is 12.7. The Morgan fingerprint density at radius 1 is 1.20 bits per heavy atom. The minimum Gasteiger partial charge on any atom is -0.387 e. The van der Waals surface area contributed by atoms with Gasteiger partial charge in [-0.1, -0.05) is 6.58 Å². The van der Waals surface area contributed by atoms with Crippen LogP contribution < -0.4 is 16.0 Å². The zero-order valence-electron chi connectivity index (χ0n) is 15.1. The van der Waals surface area contributed by atoms with Crippen LogP contribution in [0, 0.1) is 0 Å². The SMILES string of the molecule is C=C(NCC)C(C)NC(=O)CNC(=O)CCCN(C)C(=O)/C=C\C=O. The molecule has 3 amide bonds. The van der Waals surface area contributed by atoms with Crippen LogP contribution in [0.3, 0.4) is 0 Å². The predicted molar refractivity (Wildman–Crippen MR) is 95.5 cm³/mol. The van der Waals surface area contributed by atoms with E-state index in [0.717, 1.165) is 12.6 Å². The number of carbonyl (C=O) groups excluding carboxylic acids is 4. The Balaban J connectivity index is 3.98. The van der Waals surface area contributed by atoms with E-state index in [-0.39, 0.29) is 36.7 Å². The second-order valence-corrected chi connectivity index (χ2v) is 5.48. The lowest BCUT2D eigenvalue weighted by molar-refractivity contribution is -0.127. The maximum Gasteiger partial charge on any atom is 0.246 e. The first kappa shape index (κ1) is 22.4. The first-order chi connectivity index (χ1) is 11.8. The molecule has 0 spiro atoms. The summed E-state index contributed by atoms with van der Waals surface area (Å²) in [5.74, 6) is -0.870. The van der Waals surface area contributed by atoms with Gasteiger partial charge in [0.25, 0.3) is 0 Å². The van der Waals surface area contributed by atoms with Crippen LogP contribution in [0.5, 0.6) is 0 Å². The molecule has 140 valence electrons. The van der Waals surface area contributed by atoms with Gasteiger partial charge in [0.15, 0.2) is 0 Å². The highest BCUT2D eigenvalue weighted by atomic mass is 16.2. The lowest BCUT2D eigenvalue weighted by atomic mass is 10.2. The van der Waals surface area contributed by atoms with Gasteiger partial charge in [0, 0.05) is 38.3 Å². The molecule has 25 heavy (non-hydrogen) atoms. The van der Waals surface area contributed by atoms with Gasteiger partial charge in [-0.3, -0.25) is 19.2 Å². The Labute approximate surface area is 148 Å². The normalized spacial score (nSPS) is 11.5. The smallest absolute Gasteiger partial charge is 0.246 e. The van der Waals surface area contributed by atoms with E-state index in [0.29, 0.717) is 24.9 Å². The third-order valence-electron chi connectivity index (χ3n) is 3.34. The third-order valence-corrected chi connectivity index (χ3v) is 3.34. The number of amides is 3. The zero-order valence-corrected chi connectivity index (χ0v) is 15.1. The second-order valence-electron chi connectivity index (χ2n) is 5.48. The number of nitrogens with one attached hydrogen (secondary N) is 3. The van der Waals surface area contributed by atoms with Crippen LogP contribution in [0.2, 0.25) is 0 Å². The molecule has 0 radical (unpaired) electrons. The molecule has 0 fully saturated rings. The fraction of sp³-hybridized carbons (Fsp3) is 0.529. The van der Waals surface area contributed by atoms with Crippen molar-refractivity contribution in [3.8, 4) is 0 Å². The molecule has 0 saturated carbocycles. The number of nitrogens with zero attached hydrogens (tertiary/aromatic N) is 1. The maximum absolute atomic E-state index is 11.8. The molecule has 0 heterocycles. The Hall–Kier alpha value is -2.64. The molecule has 0 aromatic rings. The number of allylic oxidation sites excluding steroid dienone is 1. The van der Waals surface area contributed by atoms with Crippen LogP contribution in [0.4, 0.5) is 0 Å². The summed E-state index contributed by atoms with van der Waals surface area (Å²) in [6.07, 6.45) is 3.47. The number of hydrogen-bond donors (Lipinski definition) is 3. The molecule has 1 unspecified atom stereocenters. The summed E-state index contributed by atoms with van der Waals surface area (Å²) >= 11 is 0. The van der Waals surface area contributed by atoms with Crippen molar-refractivity contribution in [3.63, 3.8) is 0 Å². The van der Waals surface area contributed by atoms with Crippen molar-refractivity contribution >= 4 is 24.0 Å². The summed E-state index contributed by atoms with van der Waals surface area (Å²) in [6.45, 7) is 8.53. The highest BCUT2D eigenvalue weighted by Gasteiger charge is 2.11.